The lowest BCUT2D eigenvalue weighted by molar-refractivity contribution is 0.792. The molecule has 0 bridgehead atoms. The van der Waals surface area contributed by atoms with E-state index in [1.165, 1.54) is 22.7 Å². The van der Waals surface area contributed by atoms with E-state index < -0.39 is 0 Å². The maximum atomic E-state index is 4.56. The smallest absolute Gasteiger partial charge is 0.205 e. The van der Waals surface area contributed by atoms with E-state index in [9.17, 15) is 0 Å². The van der Waals surface area contributed by atoms with E-state index in [0.29, 0.717) is 5.92 Å². The molecule has 0 N–H and O–H groups in total. The van der Waals surface area contributed by atoms with Gasteiger partial charge in [0.2, 0.25) is 5.13 Å². The summed E-state index contributed by atoms with van der Waals surface area (Å²) in [7, 11) is 2.06. The molecule has 0 aliphatic heterocycles. The average molecular weight is 261 g/mol. The summed E-state index contributed by atoms with van der Waals surface area (Å²) in [5.41, 5.74) is 2.59. The van der Waals surface area contributed by atoms with Crippen molar-refractivity contribution >= 4 is 16.7 Å². The molecule has 2 aromatic rings. The van der Waals surface area contributed by atoms with E-state index in [0.717, 1.165) is 17.5 Å². The van der Waals surface area contributed by atoms with Crippen LogP contribution in [0.5, 0.6) is 0 Å². The quantitative estimate of drug-likeness (QED) is 0.842. The monoisotopic (exact) mass is 261 g/mol. The molecule has 0 amide bonds. The topological polar surface area (TPSA) is 29.0 Å². The number of benzene rings is 1. The second kappa shape index (κ2) is 5.48. The van der Waals surface area contributed by atoms with Crippen molar-refractivity contribution in [2.75, 3.05) is 11.9 Å². The van der Waals surface area contributed by atoms with Crippen molar-refractivity contribution in [3.8, 4) is 0 Å². The third kappa shape index (κ3) is 3.07. The number of rotatable bonds is 4. The van der Waals surface area contributed by atoms with E-state index in [1.807, 2.05) is 0 Å². The van der Waals surface area contributed by atoms with Crippen molar-refractivity contribution in [3.63, 3.8) is 0 Å². The lowest BCUT2D eigenvalue weighted by atomic mass is 10.1. The van der Waals surface area contributed by atoms with Crippen molar-refractivity contribution < 1.29 is 0 Å². The molecule has 1 aromatic heterocycles. The molecule has 0 aliphatic rings. The second-order valence-electron chi connectivity index (χ2n) is 4.93. The number of hydrogen-bond acceptors (Lipinski definition) is 4. The van der Waals surface area contributed by atoms with Crippen molar-refractivity contribution in [2.45, 2.75) is 33.2 Å². The number of anilines is 1. The number of nitrogens with zero attached hydrogens (tertiary/aromatic N) is 3. The molecule has 0 fully saturated rings. The van der Waals surface area contributed by atoms with Gasteiger partial charge in [-0.1, -0.05) is 43.7 Å². The summed E-state index contributed by atoms with van der Waals surface area (Å²) < 4.78 is 4.38. The number of aryl methyl sites for hydroxylation is 1. The Balaban J connectivity index is 2.06. The molecule has 0 atom stereocenters. The molecule has 1 aromatic carbocycles. The Hall–Kier alpha value is -1.42. The van der Waals surface area contributed by atoms with Crippen molar-refractivity contribution in [3.05, 3.63) is 41.2 Å². The molecule has 0 aliphatic carbocycles. The van der Waals surface area contributed by atoms with E-state index in [2.05, 4.69) is 66.3 Å². The molecule has 3 nitrogen and oxygen atoms in total. The lowest BCUT2D eigenvalue weighted by Crippen LogP contribution is -2.16. The first-order valence-electron chi connectivity index (χ1n) is 6.16. The minimum atomic E-state index is 0.391. The molecule has 96 valence electrons. The van der Waals surface area contributed by atoms with Crippen LogP contribution < -0.4 is 4.90 Å². The van der Waals surface area contributed by atoms with Crippen molar-refractivity contribution in [2.24, 2.45) is 0 Å². The van der Waals surface area contributed by atoms with Crippen LogP contribution in [0.15, 0.2) is 24.3 Å². The first-order valence-corrected chi connectivity index (χ1v) is 6.94. The van der Waals surface area contributed by atoms with Crippen LogP contribution in [0.4, 0.5) is 5.13 Å². The summed E-state index contributed by atoms with van der Waals surface area (Å²) in [6, 6.07) is 8.61. The van der Waals surface area contributed by atoms with Crippen LogP contribution in [0, 0.1) is 6.92 Å². The van der Waals surface area contributed by atoms with Gasteiger partial charge in [0.05, 0.1) is 0 Å². The zero-order chi connectivity index (χ0) is 13.1. The summed E-state index contributed by atoms with van der Waals surface area (Å²) in [6.45, 7) is 7.21. The molecule has 0 saturated carbocycles. The van der Waals surface area contributed by atoms with E-state index in [-0.39, 0.29) is 0 Å². The molecule has 18 heavy (non-hydrogen) atoms. The second-order valence-corrected chi connectivity index (χ2v) is 5.66. The summed E-state index contributed by atoms with van der Waals surface area (Å²) in [4.78, 5) is 6.70. The highest BCUT2D eigenvalue weighted by Crippen LogP contribution is 2.21. The van der Waals surface area contributed by atoms with Gasteiger partial charge < -0.3 is 4.90 Å². The van der Waals surface area contributed by atoms with Gasteiger partial charge in [-0.25, -0.2) is 4.98 Å². The van der Waals surface area contributed by atoms with E-state index in [4.69, 9.17) is 0 Å². The lowest BCUT2D eigenvalue weighted by Gasteiger charge is -2.15. The molecule has 0 spiro atoms. The largest absolute Gasteiger partial charge is 0.346 e. The molecule has 2 rings (SSSR count). The highest BCUT2D eigenvalue weighted by Gasteiger charge is 2.11. The van der Waals surface area contributed by atoms with E-state index >= 15 is 0 Å². The zero-order valence-electron chi connectivity index (χ0n) is 11.3. The van der Waals surface area contributed by atoms with Gasteiger partial charge in [-0.05, 0) is 12.5 Å². The van der Waals surface area contributed by atoms with Gasteiger partial charge in [-0.2, -0.15) is 4.37 Å². The molecule has 0 unspecified atom stereocenters. The summed E-state index contributed by atoms with van der Waals surface area (Å²) in [6.07, 6.45) is 0. The van der Waals surface area contributed by atoms with Crippen LogP contribution in [0.3, 0.4) is 0 Å². The molecule has 0 saturated heterocycles. The van der Waals surface area contributed by atoms with Gasteiger partial charge in [0, 0.05) is 31.0 Å². The van der Waals surface area contributed by atoms with Gasteiger partial charge in [0.15, 0.2) is 0 Å². The predicted octanol–water partition coefficient (Wildman–Crippen LogP) is 3.61. The number of hydrogen-bond donors (Lipinski definition) is 0. The van der Waals surface area contributed by atoms with Gasteiger partial charge in [0.25, 0.3) is 0 Å². The minimum absolute atomic E-state index is 0.391. The minimum Gasteiger partial charge on any atom is -0.346 e. The van der Waals surface area contributed by atoms with Crippen LogP contribution >= 0.6 is 11.5 Å². The maximum Gasteiger partial charge on any atom is 0.205 e. The first kappa shape index (κ1) is 13.0. The maximum absolute atomic E-state index is 4.56. The van der Waals surface area contributed by atoms with Gasteiger partial charge in [0.1, 0.15) is 5.82 Å². The fourth-order valence-electron chi connectivity index (χ4n) is 1.65. The van der Waals surface area contributed by atoms with Crippen LogP contribution in [0.1, 0.15) is 36.7 Å². The normalized spacial score (nSPS) is 10.9. The number of aromatic nitrogens is 2. The highest BCUT2D eigenvalue weighted by molar-refractivity contribution is 7.09. The van der Waals surface area contributed by atoms with Gasteiger partial charge >= 0.3 is 0 Å². The Labute approximate surface area is 113 Å². The summed E-state index contributed by atoms with van der Waals surface area (Å²) in [5.74, 6) is 1.33. The summed E-state index contributed by atoms with van der Waals surface area (Å²) >= 11 is 1.47. The van der Waals surface area contributed by atoms with Gasteiger partial charge in [-0.15, -0.1) is 0 Å². The Morgan fingerprint density at radius 3 is 2.44 bits per heavy atom. The molecule has 0 radical (unpaired) electrons. The predicted molar refractivity (Wildman–Crippen MR) is 77.3 cm³/mol. The van der Waals surface area contributed by atoms with Crippen LogP contribution in [-0.4, -0.2) is 16.4 Å². The highest BCUT2D eigenvalue weighted by atomic mass is 32.1. The Morgan fingerprint density at radius 2 is 1.89 bits per heavy atom. The van der Waals surface area contributed by atoms with Crippen LogP contribution in [0.25, 0.3) is 0 Å². The molecular formula is C14H19N3S. The molecule has 4 heteroatoms. The van der Waals surface area contributed by atoms with E-state index in [1.54, 1.807) is 0 Å². The first-order chi connectivity index (χ1) is 8.56. The summed E-state index contributed by atoms with van der Waals surface area (Å²) in [5, 5.41) is 0.985. The molecular weight excluding hydrogens is 242 g/mol. The van der Waals surface area contributed by atoms with Crippen LogP contribution in [0.2, 0.25) is 0 Å². The van der Waals surface area contributed by atoms with Crippen LogP contribution in [-0.2, 0) is 6.54 Å². The fraction of sp³-hybridized carbons (Fsp3) is 0.429. The standard InChI is InChI=1S/C14H19N3S/c1-10(2)13-15-14(18-16-13)17(4)9-12-7-5-11(3)6-8-12/h5-8,10H,9H2,1-4H3. The third-order valence-electron chi connectivity index (χ3n) is 2.81. The average Bonchev–Trinajstić information content (AvgIpc) is 2.81. The fourth-order valence-corrected chi connectivity index (χ4v) is 2.42. The zero-order valence-corrected chi connectivity index (χ0v) is 12.2. The Kier molecular flexibility index (Phi) is 3.97. The SMILES string of the molecule is Cc1ccc(CN(C)c2nc(C(C)C)ns2)cc1. The third-order valence-corrected chi connectivity index (χ3v) is 3.66. The van der Waals surface area contributed by atoms with Gasteiger partial charge in [-0.3, -0.25) is 0 Å². The van der Waals surface area contributed by atoms with Crippen molar-refractivity contribution in [1.29, 1.82) is 0 Å². The Morgan fingerprint density at radius 1 is 1.22 bits per heavy atom. The molecule has 1 heterocycles. The Bertz CT molecular complexity index is 502. The van der Waals surface area contributed by atoms with Crippen molar-refractivity contribution in [1.82, 2.24) is 9.36 Å².